The van der Waals surface area contributed by atoms with Gasteiger partial charge in [-0.25, -0.2) is 14.6 Å². The van der Waals surface area contributed by atoms with E-state index in [1.54, 1.807) is 97.1 Å². The number of amides is 5. The third kappa shape index (κ3) is 6.15. The van der Waals surface area contributed by atoms with Crippen LogP contribution in [0.1, 0.15) is 5.56 Å². The van der Waals surface area contributed by atoms with Crippen molar-refractivity contribution in [2.24, 2.45) is 0 Å². The third-order valence-corrected chi connectivity index (χ3v) is 7.61. The first-order valence-electron chi connectivity index (χ1n) is 12.5. The molecule has 0 atom stereocenters. The number of nitrogens with one attached hydrogen (secondary N) is 1. The fraction of sp³-hybridized carbons (Fsp3) is 0.0323. The number of ether oxygens (including phenoxy) is 1. The summed E-state index contributed by atoms with van der Waals surface area (Å²) < 4.78 is 6.65. The van der Waals surface area contributed by atoms with E-state index in [2.05, 4.69) is 37.2 Å². The van der Waals surface area contributed by atoms with Crippen LogP contribution in [0, 0.1) is 0 Å². The number of hydrogen-bond donors (Lipinski definition) is 1. The highest BCUT2D eigenvalue weighted by Gasteiger charge is 2.43. The number of hydrogen-bond acceptors (Lipinski definition) is 5. The summed E-state index contributed by atoms with van der Waals surface area (Å²) >= 11 is 13.0. The molecule has 5 rings (SSSR count). The number of para-hydroxylation sites is 3. The van der Waals surface area contributed by atoms with Crippen molar-refractivity contribution in [3.8, 4) is 5.75 Å². The lowest BCUT2D eigenvalue weighted by atomic mass is 10.0. The normalized spacial score (nSPS) is 13.3. The van der Waals surface area contributed by atoms with Crippen LogP contribution in [0.25, 0.3) is 6.08 Å². The number of anilines is 3. The molecule has 0 unspecified atom stereocenters. The number of carbonyl (C=O) groups is 4. The van der Waals surface area contributed by atoms with E-state index in [0.29, 0.717) is 42.3 Å². The van der Waals surface area contributed by atoms with Crippen LogP contribution in [-0.2, 0) is 14.4 Å². The van der Waals surface area contributed by atoms with E-state index in [4.69, 9.17) is 16.3 Å². The van der Waals surface area contributed by atoms with Crippen molar-refractivity contribution in [3.63, 3.8) is 0 Å². The predicted molar refractivity (Wildman–Crippen MR) is 169 cm³/mol. The molecule has 0 aromatic heterocycles. The van der Waals surface area contributed by atoms with Gasteiger partial charge in [0.15, 0.2) is 6.61 Å². The van der Waals surface area contributed by atoms with Gasteiger partial charge in [-0.2, -0.15) is 0 Å². The van der Waals surface area contributed by atoms with Crippen molar-refractivity contribution >= 4 is 90.4 Å². The van der Waals surface area contributed by atoms with E-state index in [1.807, 2.05) is 0 Å². The molecule has 0 radical (unpaired) electrons. The maximum absolute atomic E-state index is 13.6. The Bertz CT molecular complexity index is 1640. The van der Waals surface area contributed by atoms with Crippen LogP contribution in [-0.4, -0.2) is 30.4 Å². The topological polar surface area (TPSA) is 96.0 Å². The molecule has 4 aromatic rings. The minimum atomic E-state index is -0.777. The van der Waals surface area contributed by atoms with Crippen LogP contribution in [0.4, 0.5) is 21.9 Å². The minimum Gasteiger partial charge on any atom is -0.481 e. The number of rotatable bonds is 7. The molecule has 1 heterocycles. The van der Waals surface area contributed by atoms with Gasteiger partial charge in [-0.15, -0.1) is 0 Å². The van der Waals surface area contributed by atoms with Crippen LogP contribution in [0.15, 0.2) is 112 Å². The summed E-state index contributed by atoms with van der Waals surface area (Å²) in [5.41, 5.74) is 1.37. The molecule has 1 aliphatic rings. The summed E-state index contributed by atoms with van der Waals surface area (Å²) in [5.74, 6) is -1.60. The Balaban J connectivity index is 1.44. The van der Waals surface area contributed by atoms with Crippen molar-refractivity contribution in [2.75, 3.05) is 21.7 Å². The average Bonchev–Trinajstić information content (AvgIpc) is 2.97. The lowest BCUT2D eigenvalue weighted by Crippen LogP contribution is -2.57. The SMILES string of the molecule is O=C(COc1c(Br)cc(C=C2C(=O)N(c3ccccc3)C(=O)N(c3ccccc3)C2=O)cc1Br)Nc1ccccc1Cl. The highest BCUT2D eigenvalue weighted by Crippen LogP contribution is 2.36. The van der Waals surface area contributed by atoms with E-state index in [0.717, 1.165) is 9.80 Å². The zero-order valence-electron chi connectivity index (χ0n) is 21.6. The molecule has 0 aliphatic carbocycles. The van der Waals surface area contributed by atoms with Gasteiger partial charge in [0, 0.05) is 0 Å². The van der Waals surface area contributed by atoms with Crippen molar-refractivity contribution in [1.82, 2.24) is 0 Å². The fourth-order valence-corrected chi connectivity index (χ4v) is 5.83. The second-order valence-corrected chi connectivity index (χ2v) is 11.0. The van der Waals surface area contributed by atoms with Gasteiger partial charge >= 0.3 is 6.03 Å². The van der Waals surface area contributed by atoms with E-state index in [1.165, 1.54) is 6.08 Å². The summed E-state index contributed by atoms with van der Waals surface area (Å²) in [4.78, 5) is 55.1. The summed E-state index contributed by atoms with van der Waals surface area (Å²) in [7, 11) is 0. The quantitative estimate of drug-likeness (QED) is 0.159. The second kappa shape index (κ2) is 12.7. The maximum atomic E-state index is 13.6. The molecule has 0 bridgehead atoms. The van der Waals surface area contributed by atoms with Gasteiger partial charge in [-0.3, -0.25) is 14.4 Å². The van der Waals surface area contributed by atoms with Crippen molar-refractivity contribution in [3.05, 3.63) is 122 Å². The van der Waals surface area contributed by atoms with Gasteiger partial charge in [-0.1, -0.05) is 60.1 Å². The first-order chi connectivity index (χ1) is 20.2. The van der Waals surface area contributed by atoms with Gasteiger partial charge in [0.25, 0.3) is 17.7 Å². The Labute approximate surface area is 262 Å². The molecule has 1 N–H and O–H groups in total. The Morgan fingerprint density at radius 2 is 1.29 bits per heavy atom. The first kappa shape index (κ1) is 29.2. The lowest BCUT2D eigenvalue weighted by Gasteiger charge is -2.34. The highest BCUT2D eigenvalue weighted by atomic mass is 79.9. The van der Waals surface area contributed by atoms with Crippen molar-refractivity contribution in [1.29, 1.82) is 0 Å². The van der Waals surface area contributed by atoms with Crippen LogP contribution >= 0.6 is 43.5 Å². The molecule has 1 fully saturated rings. The number of urea groups is 1. The average molecular weight is 710 g/mol. The van der Waals surface area contributed by atoms with Crippen LogP contribution in [0.2, 0.25) is 5.02 Å². The zero-order valence-corrected chi connectivity index (χ0v) is 25.5. The number of carbonyl (C=O) groups excluding carboxylic acids is 4. The Morgan fingerprint density at radius 1 is 0.786 bits per heavy atom. The second-order valence-electron chi connectivity index (χ2n) is 8.92. The zero-order chi connectivity index (χ0) is 29.8. The van der Waals surface area contributed by atoms with Crippen LogP contribution in [0.5, 0.6) is 5.75 Å². The molecule has 0 saturated carbocycles. The molecule has 4 aromatic carbocycles. The summed E-state index contributed by atoms with van der Waals surface area (Å²) in [5, 5.41) is 3.08. The first-order valence-corrected chi connectivity index (χ1v) is 14.4. The number of barbiturate groups is 1. The molecule has 5 amide bonds. The smallest absolute Gasteiger partial charge is 0.343 e. The molecular formula is C31H20Br2ClN3O5. The van der Waals surface area contributed by atoms with Gasteiger partial charge in [0.1, 0.15) is 11.3 Å². The maximum Gasteiger partial charge on any atom is 0.343 e. The number of imide groups is 2. The van der Waals surface area contributed by atoms with Crippen LogP contribution in [0.3, 0.4) is 0 Å². The van der Waals surface area contributed by atoms with Crippen molar-refractivity contribution < 1.29 is 23.9 Å². The predicted octanol–water partition coefficient (Wildman–Crippen LogP) is 7.47. The minimum absolute atomic E-state index is 0.214. The highest BCUT2D eigenvalue weighted by molar-refractivity contribution is 9.11. The molecule has 42 heavy (non-hydrogen) atoms. The Morgan fingerprint density at radius 3 is 1.81 bits per heavy atom. The van der Waals surface area contributed by atoms with Gasteiger partial charge in [0.2, 0.25) is 0 Å². The van der Waals surface area contributed by atoms with Crippen LogP contribution < -0.4 is 19.9 Å². The summed E-state index contributed by atoms with van der Waals surface area (Å²) in [6, 6.07) is 26.1. The van der Waals surface area contributed by atoms with Gasteiger partial charge < -0.3 is 10.1 Å². The molecule has 11 heteroatoms. The number of nitrogens with zero attached hydrogens (tertiary/aromatic N) is 2. The Kier molecular flexibility index (Phi) is 8.86. The molecule has 1 saturated heterocycles. The fourth-order valence-electron chi connectivity index (χ4n) is 4.19. The molecule has 1 aliphatic heterocycles. The van der Waals surface area contributed by atoms with E-state index in [-0.39, 0.29) is 12.2 Å². The Hall–Kier alpha value is -4.25. The van der Waals surface area contributed by atoms with Gasteiger partial charge in [-0.05, 0) is 92.0 Å². The van der Waals surface area contributed by atoms with E-state index < -0.39 is 23.8 Å². The summed E-state index contributed by atoms with van der Waals surface area (Å²) in [6.07, 6.45) is 1.41. The van der Waals surface area contributed by atoms with Gasteiger partial charge in [0.05, 0.1) is 31.0 Å². The molecular weight excluding hydrogens is 690 g/mol. The number of halogens is 3. The van der Waals surface area contributed by atoms with E-state index in [9.17, 15) is 19.2 Å². The summed E-state index contributed by atoms with van der Waals surface area (Å²) in [6.45, 7) is -0.306. The largest absolute Gasteiger partial charge is 0.481 e. The molecule has 0 spiro atoms. The number of benzene rings is 4. The lowest BCUT2D eigenvalue weighted by molar-refractivity contribution is -0.121. The van der Waals surface area contributed by atoms with Crippen molar-refractivity contribution in [2.45, 2.75) is 0 Å². The monoisotopic (exact) mass is 707 g/mol. The molecule has 8 nitrogen and oxygen atoms in total. The molecule has 210 valence electrons. The third-order valence-electron chi connectivity index (χ3n) is 6.11. The van der Waals surface area contributed by atoms with E-state index >= 15 is 0 Å². The standard InChI is InChI=1S/C31H20Br2ClN3O5/c32-23-16-19(17-24(33)28(23)42-18-27(38)35-26-14-8-7-13-25(26)34)15-22-29(39)36(20-9-3-1-4-10-20)31(41)37(30(22)40)21-11-5-2-6-12-21/h1-17H,18H2,(H,35,38).